The molecular formula is C20H14F4N2O3. The van der Waals surface area contributed by atoms with Crippen LogP contribution in [0.2, 0.25) is 0 Å². The first-order valence-electron chi connectivity index (χ1n) is 8.23. The van der Waals surface area contributed by atoms with Gasteiger partial charge in [0, 0.05) is 23.0 Å². The van der Waals surface area contributed by atoms with Crippen LogP contribution in [0.3, 0.4) is 0 Å². The first-order valence-corrected chi connectivity index (χ1v) is 8.23. The van der Waals surface area contributed by atoms with Crippen LogP contribution in [0.25, 0.3) is 11.3 Å². The molecule has 29 heavy (non-hydrogen) atoms. The summed E-state index contributed by atoms with van der Waals surface area (Å²) in [5.74, 6) is -1.35. The summed E-state index contributed by atoms with van der Waals surface area (Å²) in [5.41, 5.74) is 0.699. The fourth-order valence-electron chi connectivity index (χ4n) is 2.55. The molecular weight excluding hydrogens is 392 g/mol. The average molecular weight is 406 g/mol. The Labute approximate surface area is 162 Å². The van der Waals surface area contributed by atoms with Crippen LogP contribution in [0.4, 0.5) is 23.2 Å². The van der Waals surface area contributed by atoms with E-state index in [9.17, 15) is 22.4 Å². The molecule has 150 valence electrons. The molecule has 1 N–H and O–H groups in total. The molecule has 2 aromatic carbocycles. The van der Waals surface area contributed by atoms with Gasteiger partial charge in [-0.15, -0.1) is 13.2 Å². The summed E-state index contributed by atoms with van der Waals surface area (Å²) in [5, 5.41) is 2.47. The van der Waals surface area contributed by atoms with Gasteiger partial charge in [0.25, 0.3) is 5.91 Å². The number of carbonyl (C=O) groups excluding carboxylic acids is 1. The van der Waals surface area contributed by atoms with Crippen molar-refractivity contribution in [2.24, 2.45) is 0 Å². The van der Waals surface area contributed by atoms with Crippen molar-refractivity contribution in [2.45, 2.75) is 6.36 Å². The smallest absolute Gasteiger partial charge is 0.494 e. The second-order valence-electron chi connectivity index (χ2n) is 5.78. The first-order chi connectivity index (χ1) is 13.8. The van der Waals surface area contributed by atoms with E-state index in [2.05, 4.69) is 15.0 Å². The Hall–Kier alpha value is -3.62. The molecule has 0 aliphatic rings. The van der Waals surface area contributed by atoms with Crippen molar-refractivity contribution in [2.75, 3.05) is 12.4 Å². The van der Waals surface area contributed by atoms with E-state index in [1.54, 1.807) is 12.1 Å². The average Bonchev–Trinajstić information content (AvgIpc) is 2.68. The predicted molar refractivity (Wildman–Crippen MR) is 97.3 cm³/mol. The number of nitrogens with zero attached hydrogens (tertiary/aromatic N) is 1. The van der Waals surface area contributed by atoms with Crippen LogP contribution in [0.15, 0.2) is 60.8 Å². The number of hydrogen-bond donors (Lipinski definition) is 1. The lowest BCUT2D eigenvalue weighted by Gasteiger charge is -2.11. The van der Waals surface area contributed by atoms with Crippen LogP contribution < -0.4 is 14.8 Å². The molecule has 0 saturated carbocycles. The number of aromatic nitrogens is 1. The number of carbonyl (C=O) groups is 1. The molecule has 9 heteroatoms. The van der Waals surface area contributed by atoms with E-state index in [-0.39, 0.29) is 16.8 Å². The van der Waals surface area contributed by atoms with Crippen molar-refractivity contribution < 1.29 is 31.8 Å². The van der Waals surface area contributed by atoms with E-state index in [0.717, 1.165) is 18.2 Å². The maximum Gasteiger partial charge on any atom is 0.573 e. The molecule has 1 heterocycles. The number of hydrogen-bond acceptors (Lipinski definition) is 4. The van der Waals surface area contributed by atoms with E-state index >= 15 is 0 Å². The van der Waals surface area contributed by atoms with Gasteiger partial charge in [0.2, 0.25) is 0 Å². The first kappa shape index (κ1) is 20.1. The topological polar surface area (TPSA) is 60.5 Å². The molecule has 0 atom stereocenters. The van der Waals surface area contributed by atoms with Crippen molar-refractivity contribution in [3.05, 3.63) is 72.2 Å². The molecule has 3 aromatic rings. The highest BCUT2D eigenvalue weighted by Gasteiger charge is 2.31. The van der Waals surface area contributed by atoms with Crippen LogP contribution in [-0.2, 0) is 0 Å². The number of pyridine rings is 1. The molecule has 1 aromatic heterocycles. The van der Waals surface area contributed by atoms with Gasteiger partial charge in [0.05, 0.1) is 7.11 Å². The molecule has 0 unspecified atom stereocenters. The lowest BCUT2D eigenvalue weighted by Crippen LogP contribution is -2.17. The van der Waals surface area contributed by atoms with E-state index in [4.69, 9.17) is 4.74 Å². The summed E-state index contributed by atoms with van der Waals surface area (Å²) in [4.78, 5) is 16.4. The molecule has 0 radical (unpaired) electrons. The van der Waals surface area contributed by atoms with Crippen LogP contribution in [0.5, 0.6) is 11.5 Å². The van der Waals surface area contributed by atoms with Crippen molar-refractivity contribution in [3.8, 4) is 22.8 Å². The summed E-state index contributed by atoms with van der Waals surface area (Å²) >= 11 is 0. The van der Waals surface area contributed by atoms with Gasteiger partial charge in [0.15, 0.2) is 0 Å². The predicted octanol–water partition coefficient (Wildman–Crippen LogP) is 5.05. The number of ether oxygens (including phenoxy) is 2. The number of anilines is 1. The Morgan fingerprint density at radius 3 is 2.41 bits per heavy atom. The summed E-state index contributed by atoms with van der Waals surface area (Å²) in [6.07, 6.45) is -3.32. The van der Waals surface area contributed by atoms with Crippen LogP contribution >= 0.6 is 0 Å². The Balaban J connectivity index is 1.76. The van der Waals surface area contributed by atoms with Crippen LogP contribution in [-0.4, -0.2) is 24.4 Å². The molecule has 5 nitrogen and oxygen atoms in total. The summed E-state index contributed by atoms with van der Waals surface area (Å²) in [6, 6.07) is 11.7. The van der Waals surface area contributed by atoms with E-state index in [1.165, 1.54) is 37.6 Å². The number of methoxy groups -OCH3 is 1. The quantitative estimate of drug-likeness (QED) is 0.603. The monoisotopic (exact) mass is 406 g/mol. The molecule has 0 aliphatic heterocycles. The van der Waals surface area contributed by atoms with Gasteiger partial charge in [-0.25, -0.2) is 4.39 Å². The number of rotatable bonds is 5. The van der Waals surface area contributed by atoms with Crippen molar-refractivity contribution in [1.29, 1.82) is 0 Å². The third kappa shape index (κ3) is 5.01. The third-order valence-electron chi connectivity index (χ3n) is 3.82. The van der Waals surface area contributed by atoms with E-state index in [1.807, 2.05) is 0 Å². The van der Waals surface area contributed by atoms with Gasteiger partial charge in [-0.1, -0.05) is 0 Å². The highest BCUT2D eigenvalue weighted by molar-refractivity contribution is 6.04. The van der Waals surface area contributed by atoms with Crippen molar-refractivity contribution in [1.82, 2.24) is 4.98 Å². The highest BCUT2D eigenvalue weighted by Crippen LogP contribution is 2.30. The number of amides is 1. The number of benzene rings is 2. The van der Waals surface area contributed by atoms with Gasteiger partial charge in [0.1, 0.15) is 23.0 Å². The van der Waals surface area contributed by atoms with Gasteiger partial charge in [-0.3, -0.25) is 9.78 Å². The zero-order valence-electron chi connectivity index (χ0n) is 15.0. The van der Waals surface area contributed by atoms with Gasteiger partial charge in [-0.05, 0) is 54.6 Å². The minimum Gasteiger partial charge on any atom is -0.494 e. The summed E-state index contributed by atoms with van der Waals surface area (Å²) in [6.45, 7) is 0. The van der Waals surface area contributed by atoms with Gasteiger partial charge >= 0.3 is 6.36 Å². The molecule has 0 saturated heterocycles. The molecule has 0 bridgehead atoms. The van der Waals surface area contributed by atoms with E-state index in [0.29, 0.717) is 11.4 Å². The minimum atomic E-state index is -4.81. The zero-order valence-corrected chi connectivity index (χ0v) is 15.0. The van der Waals surface area contributed by atoms with Crippen LogP contribution in [0.1, 0.15) is 10.4 Å². The number of nitrogens with one attached hydrogen (secondary N) is 1. The lowest BCUT2D eigenvalue weighted by molar-refractivity contribution is -0.274. The van der Waals surface area contributed by atoms with Crippen LogP contribution in [0, 0.1) is 5.82 Å². The fourth-order valence-corrected chi connectivity index (χ4v) is 2.55. The SMILES string of the molecule is COc1cccnc1-c1ccc(C(=O)Nc2ccc(OC(F)(F)F)cc2)cc1F. The maximum atomic E-state index is 14.6. The second-order valence-corrected chi connectivity index (χ2v) is 5.78. The second kappa shape index (κ2) is 8.17. The normalized spacial score (nSPS) is 11.1. The van der Waals surface area contributed by atoms with E-state index < -0.39 is 23.8 Å². The molecule has 1 amide bonds. The Kier molecular flexibility index (Phi) is 5.67. The van der Waals surface area contributed by atoms with Crippen molar-refractivity contribution >= 4 is 11.6 Å². The molecule has 0 aliphatic carbocycles. The maximum absolute atomic E-state index is 14.6. The van der Waals surface area contributed by atoms with Crippen molar-refractivity contribution in [3.63, 3.8) is 0 Å². The zero-order chi connectivity index (χ0) is 21.0. The largest absolute Gasteiger partial charge is 0.573 e. The third-order valence-corrected chi connectivity index (χ3v) is 3.82. The molecule has 0 spiro atoms. The Morgan fingerprint density at radius 1 is 1.07 bits per heavy atom. The number of alkyl halides is 3. The minimum absolute atomic E-state index is 0.0248. The van der Waals surface area contributed by atoms with Gasteiger partial charge < -0.3 is 14.8 Å². The lowest BCUT2D eigenvalue weighted by atomic mass is 10.1. The van der Waals surface area contributed by atoms with Gasteiger partial charge in [-0.2, -0.15) is 0 Å². The standard InChI is InChI=1S/C20H14F4N2O3/c1-28-17-3-2-10-25-18(17)15-9-4-12(11-16(15)21)19(27)26-13-5-7-14(8-6-13)29-20(22,23)24/h2-11H,1H3,(H,26,27). The number of halogens is 4. The summed E-state index contributed by atoms with van der Waals surface area (Å²) < 4.78 is 60.0. The molecule has 0 fully saturated rings. The fraction of sp³-hybridized carbons (Fsp3) is 0.100. The molecule has 3 rings (SSSR count). The highest BCUT2D eigenvalue weighted by atomic mass is 19.4. The Bertz CT molecular complexity index is 1020. The Morgan fingerprint density at radius 2 is 1.79 bits per heavy atom. The summed E-state index contributed by atoms with van der Waals surface area (Å²) in [7, 11) is 1.44.